The highest BCUT2D eigenvalue weighted by molar-refractivity contribution is 7.79. The summed E-state index contributed by atoms with van der Waals surface area (Å²) in [7, 11) is 1.54. The molecule has 2 aromatic rings. The third-order valence-corrected chi connectivity index (χ3v) is 2.52. The summed E-state index contributed by atoms with van der Waals surface area (Å²) in [4.78, 5) is 3.97. The van der Waals surface area contributed by atoms with E-state index in [1.165, 1.54) is 17.7 Å². The van der Waals surface area contributed by atoms with E-state index in [4.69, 9.17) is 9.29 Å². The van der Waals surface area contributed by atoms with Gasteiger partial charge in [0.25, 0.3) is 0 Å². The Morgan fingerprint density at radius 3 is 3.00 bits per heavy atom. The number of aromatic nitrogens is 2. The van der Waals surface area contributed by atoms with Crippen LogP contribution in [0.5, 0.6) is 5.75 Å². The minimum absolute atomic E-state index is 0.235. The van der Waals surface area contributed by atoms with Crippen LogP contribution in [0.4, 0.5) is 0 Å². The van der Waals surface area contributed by atoms with Crippen LogP contribution in [0.25, 0.3) is 5.65 Å². The fourth-order valence-electron chi connectivity index (χ4n) is 1.19. The maximum absolute atomic E-state index is 10.9. The summed E-state index contributed by atoms with van der Waals surface area (Å²) < 4.78 is 26.3. The van der Waals surface area contributed by atoms with Crippen molar-refractivity contribution in [1.82, 2.24) is 9.38 Å². The summed E-state index contributed by atoms with van der Waals surface area (Å²) >= 11 is -2.04. The molecule has 0 aromatic carbocycles. The van der Waals surface area contributed by atoms with Gasteiger partial charge in [-0.2, -0.15) is 0 Å². The number of imidazole rings is 1. The first-order valence-electron chi connectivity index (χ1n) is 3.84. The van der Waals surface area contributed by atoms with Crippen molar-refractivity contribution >= 4 is 16.7 Å². The van der Waals surface area contributed by atoms with E-state index in [0.717, 1.165) is 0 Å². The third kappa shape index (κ3) is 1.38. The van der Waals surface area contributed by atoms with Crippen LogP contribution in [0.1, 0.15) is 0 Å². The Kier molecular flexibility index (Phi) is 2.22. The van der Waals surface area contributed by atoms with Gasteiger partial charge in [-0.25, -0.2) is 9.19 Å². The fraction of sp³-hybridized carbons (Fsp3) is 0.125. The van der Waals surface area contributed by atoms with Crippen molar-refractivity contribution in [2.45, 2.75) is 5.03 Å². The van der Waals surface area contributed by atoms with Crippen LogP contribution >= 0.6 is 0 Å². The highest BCUT2D eigenvalue weighted by Crippen LogP contribution is 2.15. The molecule has 2 rings (SSSR count). The minimum Gasteiger partial charge on any atom is -0.495 e. The molecule has 0 bridgehead atoms. The molecular formula is C8H8N2O3S. The molecule has 0 saturated heterocycles. The smallest absolute Gasteiger partial charge is 0.205 e. The Hall–Kier alpha value is -1.40. The summed E-state index contributed by atoms with van der Waals surface area (Å²) in [6.07, 6.45) is 2.98. The lowest BCUT2D eigenvalue weighted by atomic mass is 10.4. The van der Waals surface area contributed by atoms with Crippen LogP contribution in [0.2, 0.25) is 0 Å². The molecule has 0 aliphatic carbocycles. The molecule has 14 heavy (non-hydrogen) atoms. The number of hydrogen-bond acceptors (Lipinski definition) is 3. The molecule has 2 aromatic heterocycles. The van der Waals surface area contributed by atoms with Crippen LogP contribution in [0.15, 0.2) is 29.6 Å². The van der Waals surface area contributed by atoms with Crippen molar-refractivity contribution < 1.29 is 13.5 Å². The number of fused-ring (bicyclic) bond motifs is 1. The summed E-state index contributed by atoms with van der Waals surface area (Å²) in [5, 5.41) is 0.235. The quantitative estimate of drug-likeness (QED) is 0.752. The molecule has 0 fully saturated rings. The van der Waals surface area contributed by atoms with Crippen molar-refractivity contribution in [2.24, 2.45) is 0 Å². The Labute approximate surface area is 82.6 Å². The highest BCUT2D eigenvalue weighted by Gasteiger charge is 2.08. The number of methoxy groups -OCH3 is 1. The molecule has 0 spiro atoms. The zero-order chi connectivity index (χ0) is 10.1. The van der Waals surface area contributed by atoms with Crippen molar-refractivity contribution in [3.63, 3.8) is 0 Å². The molecule has 0 aliphatic rings. The number of nitrogens with zero attached hydrogens (tertiary/aromatic N) is 2. The van der Waals surface area contributed by atoms with E-state index >= 15 is 0 Å². The molecule has 0 saturated carbocycles. The molecule has 0 amide bonds. The van der Waals surface area contributed by atoms with Crippen molar-refractivity contribution in [2.75, 3.05) is 7.11 Å². The number of rotatable bonds is 2. The third-order valence-electron chi connectivity index (χ3n) is 1.86. The summed E-state index contributed by atoms with van der Waals surface area (Å²) in [6.45, 7) is 0. The van der Waals surface area contributed by atoms with Crippen LogP contribution in [-0.4, -0.2) is 25.3 Å². The molecule has 1 N–H and O–H groups in total. The number of pyridine rings is 1. The Morgan fingerprint density at radius 1 is 1.57 bits per heavy atom. The van der Waals surface area contributed by atoms with Crippen molar-refractivity contribution in [1.29, 1.82) is 0 Å². The summed E-state index contributed by atoms with van der Waals surface area (Å²) in [5.41, 5.74) is 0.614. The number of hydrogen-bond donors (Lipinski definition) is 1. The molecule has 5 nitrogen and oxygen atoms in total. The number of ether oxygens (including phenoxy) is 1. The van der Waals surface area contributed by atoms with Gasteiger partial charge < -0.3 is 9.29 Å². The van der Waals surface area contributed by atoms with Gasteiger partial charge in [0.2, 0.25) is 11.1 Å². The lowest BCUT2D eigenvalue weighted by molar-refractivity contribution is 0.412. The minimum atomic E-state index is -2.04. The van der Waals surface area contributed by atoms with Crippen LogP contribution in [0.3, 0.4) is 0 Å². The van der Waals surface area contributed by atoms with E-state index in [1.54, 1.807) is 18.3 Å². The van der Waals surface area contributed by atoms with Gasteiger partial charge in [0, 0.05) is 0 Å². The zero-order valence-electron chi connectivity index (χ0n) is 7.38. The first-order valence-corrected chi connectivity index (χ1v) is 4.95. The van der Waals surface area contributed by atoms with E-state index in [1.807, 2.05) is 0 Å². The van der Waals surface area contributed by atoms with Crippen molar-refractivity contribution in [3.05, 3.63) is 24.5 Å². The molecule has 1 atom stereocenters. The topological polar surface area (TPSA) is 63.8 Å². The van der Waals surface area contributed by atoms with E-state index in [0.29, 0.717) is 11.4 Å². The summed E-state index contributed by atoms with van der Waals surface area (Å²) in [5.74, 6) is 0.613. The molecule has 1 unspecified atom stereocenters. The fourth-order valence-corrected chi connectivity index (χ4v) is 1.65. The van der Waals surface area contributed by atoms with Crippen LogP contribution < -0.4 is 4.74 Å². The SMILES string of the molecule is COc1ccc2ncc(S(=O)O)n2c1. The maximum Gasteiger partial charge on any atom is 0.205 e. The van der Waals surface area contributed by atoms with E-state index in [9.17, 15) is 4.21 Å². The van der Waals surface area contributed by atoms with Gasteiger partial charge in [0.1, 0.15) is 11.4 Å². The largest absolute Gasteiger partial charge is 0.495 e. The molecular weight excluding hydrogens is 204 g/mol. The van der Waals surface area contributed by atoms with Gasteiger partial charge in [-0.3, -0.25) is 4.40 Å². The van der Waals surface area contributed by atoms with E-state index < -0.39 is 11.1 Å². The normalized spacial score (nSPS) is 13.0. The van der Waals surface area contributed by atoms with E-state index in [-0.39, 0.29) is 5.03 Å². The second-order valence-corrected chi connectivity index (χ2v) is 3.56. The van der Waals surface area contributed by atoms with Gasteiger partial charge in [0.15, 0.2) is 5.03 Å². The van der Waals surface area contributed by atoms with Gasteiger partial charge in [0.05, 0.1) is 19.5 Å². The van der Waals surface area contributed by atoms with Crippen molar-refractivity contribution in [3.8, 4) is 5.75 Å². The van der Waals surface area contributed by atoms with Gasteiger partial charge in [-0.15, -0.1) is 0 Å². The average Bonchev–Trinajstić information content (AvgIpc) is 2.59. The van der Waals surface area contributed by atoms with Gasteiger partial charge in [-0.05, 0) is 12.1 Å². The lowest BCUT2D eigenvalue weighted by Gasteiger charge is -2.01. The van der Waals surface area contributed by atoms with Gasteiger partial charge >= 0.3 is 0 Å². The highest BCUT2D eigenvalue weighted by atomic mass is 32.2. The molecule has 74 valence electrons. The zero-order valence-corrected chi connectivity index (χ0v) is 8.19. The molecule has 6 heteroatoms. The maximum atomic E-state index is 10.9. The lowest BCUT2D eigenvalue weighted by Crippen LogP contribution is -1.95. The Bertz CT molecular complexity index is 494. The molecule has 0 radical (unpaired) electrons. The Balaban J connectivity index is 2.69. The monoisotopic (exact) mass is 212 g/mol. The first-order chi connectivity index (χ1) is 6.72. The Morgan fingerprint density at radius 2 is 2.36 bits per heavy atom. The standard InChI is InChI=1S/C8H8N2O3S/c1-13-6-2-3-7-9-4-8(14(11)12)10(7)5-6/h2-5H,1H3,(H,11,12). The second-order valence-electron chi connectivity index (χ2n) is 2.64. The van der Waals surface area contributed by atoms with Crippen LogP contribution in [-0.2, 0) is 11.1 Å². The summed E-state index contributed by atoms with van der Waals surface area (Å²) in [6, 6.07) is 3.46. The predicted octanol–water partition coefficient (Wildman–Crippen LogP) is 0.923. The molecule has 2 heterocycles. The molecule has 0 aliphatic heterocycles. The predicted molar refractivity (Wildman–Crippen MR) is 50.8 cm³/mol. The first kappa shape index (κ1) is 9.17. The van der Waals surface area contributed by atoms with Crippen LogP contribution in [0, 0.1) is 0 Å². The van der Waals surface area contributed by atoms with E-state index in [2.05, 4.69) is 4.98 Å². The van der Waals surface area contributed by atoms with Gasteiger partial charge in [-0.1, -0.05) is 0 Å². The average molecular weight is 212 g/mol. The second kappa shape index (κ2) is 3.39.